The van der Waals surface area contributed by atoms with Crippen molar-refractivity contribution in [3.05, 3.63) is 70.1 Å². The number of aryl methyl sites for hydroxylation is 1. The van der Waals surface area contributed by atoms with Gasteiger partial charge in [0.05, 0.1) is 17.3 Å². The van der Waals surface area contributed by atoms with Crippen LogP contribution in [0.15, 0.2) is 59.4 Å². The number of para-hydroxylation sites is 2. The summed E-state index contributed by atoms with van der Waals surface area (Å²) in [5.41, 5.74) is 0.703. The lowest BCUT2D eigenvalue weighted by Gasteiger charge is -2.04. The summed E-state index contributed by atoms with van der Waals surface area (Å²) in [4.78, 5) is 24.2. The molecule has 0 bridgehead atoms. The molecule has 1 heterocycles. The zero-order valence-electron chi connectivity index (χ0n) is 12.6. The van der Waals surface area contributed by atoms with Gasteiger partial charge >= 0.3 is 5.69 Å². The van der Waals surface area contributed by atoms with Crippen LogP contribution in [-0.4, -0.2) is 25.7 Å². The lowest BCUT2D eigenvalue weighted by molar-refractivity contribution is -0.116. The third-order valence-corrected chi connectivity index (χ3v) is 3.65. The van der Waals surface area contributed by atoms with Crippen molar-refractivity contribution in [2.75, 3.05) is 5.32 Å². The molecule has 1 N–H and O–H groups in total. The highest BCUT2D eigenvalue weighted by molar-refractivity contribution is 6.32. The molecule has 122 valence electrons. The highest BCUT2D eigenvalue weighted by Crippen LogP contribution is 2.16. The van der Waals surface area contributed by atoms with Crippen LogP contribution < -0.4 is 11.0 Å². The van der Waals surface area contributed by atoms with Gasteiger partial charge in [-0.3, -0.25) is 4.79 Å². The number of rotatable bonds is 5. The molecule has 7 nitrogen and oxygen atoms in total. The maximum Gasteiger partial charge on any atom is 0.368 e. The number of nitrogens with zero attached hydrogens (tertiary/aromatic N) is 4. The largest absolute Gasteiger partial charge is 0.368 e. The Morgan fingerprint density at radius 1 is 1.04 bits per heavy atom. The van der Waals surface area contributed by atoms with Gasteiger partial charge in [-0.15, -0.1) is 0 Å². The first-order valence-electron chi connectivity index (χ1n) is 7.28. The predicted octanol–water partition coefficient (Wildman–Crippen LogP) is 2.11. The van der Waals surface area contributed by atoms with E-state index in [1.165, 1.54) is 0 Å². The number of nitrogens with one attached hydrogen (secondary N) is 1. The number of tetrazole rings is 1. The average Bonchev–Trinajstić information content (AvgIpc) is 2.95. The second-order valence-corrected chi connectivity index (χ2v) is 5.42. The van der Waals surface area contributed by atoms with Gasteiger partial charge in [0.1, 0.15) is 0 Å². The van der Waals surface area contributed by atoms with Crippen LogP contribution in [0.5, 0.6) is 0 Å². The fourth-order valence-electron chi connectivity index (χ4n) is 2.14. The second-order valence-electron chi connectivity index (χ2n) is 5.01. The number of carbonyl (C=O) groups excluding carboxylic acids is 1. The standard InChI is InChI=1S/C16H14ClN5O2/c17-13-8-4-5-9-14(13)22-16(24)21(19-20-22)11-10-15(23)18-12-6-2-1-3-7-12/h1-9H,10-11H2,(H,18,23). The van der Waals surface area contributed by atoms with Crippen molar-refractivity contribution in [3.8, 4) is 5.69 Å². The summed E-state index contributed by atoms with van der Waals surface area (Å²) in [5, 5.41) is 10.7. The molecule has 0 saturated carbocycles. The number of amides is 1. The van der Waals surface area contributed by atoms with Crippen molar-refractivity contribution < 1.29 is 4.79 Å². The number of aromatic nitrogens is 4. The van der Waals surface area contributed by atoms with Gasteiger partial charge in [-0.25, -0.2) is 4.79 Å². The molecule has 1 amide bonds. The molecule has 2 aromatic carbocycles. The van der Waals surface area contributed by atoms with Crippen molar-refractivity contribution in [3.63, 3.8) is 0 Å². The van der Waals surface area contributed by atoms with E-state index < -0.39 is 5.69 Å². The molecule has 0 saturated heterocycles. The Morgan fingerprint density at radius 3 is 2.50 bits per heavy atom. The van der Waals surface area contributed by atoms with Crippen molar-refractivity contribution in [2.24, 2.45) is 0 Å². The van der Waals surface area contributed by atoms with Gasteiger partial charge in [0, 0.05) is 12.1 Å². The number of halogens is 1. The highest BCUT2D eigenvalue weighted by Gasteiger charge is 2.12. The van der Waals surface area contributed by atoms with Crippen LogP contribution >= 0.6 is 11.6 Å². The third kappa shape index (κ3) is 3.52. The van der Waals surface area contributed by atoms with E-state index >= 15 is 0 Å². The number of benzene rings is 2. The minimum atomic E-state index is -0.449. The van der Waals surface area contributed by atoms with E-state index in [4.69, 9.17) is 11.6 Å². The van der Waals surface area contributed by atoms with E-state index in [1.807, 2.05) is 18.2 Å². The quantitative estimate of drug-likeness (QED) is 0.769. The molecular formula is C16H14ClN5O2. The van der Waals surface area contributed by atoms with Gasteiger partial charge in [-0.1, -0.05) is 41.9 Å². The average molecular weight is 344 g/mol. The molecule has 0 atom stereocenters. The zero-order valence-corrected chi connectivity index (χ0v) is 13.3. The molecule has 0 radical (unpaired) electrons. The monoisotopic (exact) mass is 343 g/mol. The van der Waals surface area contributed by atoms with Crippen molar-refractivity contribution in [1.29, 1.82) is 0 Å². The molecule has 0 aliphatic heterocycles. The zero-order chi connectivity index (χ0) is 16.9. The molecule has 0 spiro atoms. The van der Waals surface area contributed by atoms with E-state index in [0.29, 0.717) is 16.4 Å². The minimum Gasteiger partial charge on any atom is -0.326 e. The lowest BCUT2D eigenvalue weighted by atomic mass is 10.3. The van der Waals surface area contributed by atoms with Gasteiger partial charge in [0.15, 0.2) is 0 Å². The topological polar surface area (TPSA) is 81.8 Å². The Kier molecular flexibility index (Phi) is 4.72. The Labute approximate surface area is 142 Å². The van der Waals surface area contributed by atoms with Crippen LogP contribution in [0.25, 0.3) is 5.69 Å². The molecule has 8 heteroatoms. The SMILES string of the molecule is O=C(CCn1nnn(-c2ccccc2Cl)c1=O)Nc1ccccc1. The maximum absolute atomic E-state index is 12.3. The van der Waals surface area contributed by atoms with Crippen LogP contribution in [0.4, 0.5) is 5.69 Å². The van der Waals surface area contributed by atoms with Crippen LogP contribution in [0.3, 0.4) is 0 Å². The highest BCUT2D eigenvalue weighted by atomic mass is 35.5. The van der Waals surface area contributed by atoms with Crippen molar-refractivity contribution in [1.82, 2.24) is 19.8 Å². The molecule has 3 aromatic rings. The molecule has 0 fully saturated rings. The Balaban J connectivity index is 1.68. The first-order chi connectivity index (χ1) is 11.6. The number of anilines is 1. The van der Waals surface area contributed by atoms with Gasteiger partial charge in [0.2, 0.25) is 5.91 Å². The van der Waals surface area contributed by atoms with Crippen LogP contribution in [0.1, 0.15) is 6.42 Å². The normalized spacial score (nSPS) is 10.5. The predicted molar refractivity (Wildman–Crippen MR) is 90.3 cm³/mol. The van der Waals surface area contributed by atoms with Crippen LogP contribution in [0.2, 0.25) is 5.02 Å². The van der Waals surface area contributed by atoms with Gasteiger partial charge in [0.25, 0.3) is 0 Å². The molecule has 0 aliphatic rings. The van der Waals surface area contributed by atoms with Gasteiger partial charge < -0.3 is 5.32 Å². The van der Waals surface area contributed by atoms with Crippen molar-refractivity contribution in [2.45, 2.75) is 13.0 Å². The fraction of sp³-hybridized carbons (Fsp3) is 0.125. The molecule has 24 heavy (non-hydrogen) atoms. The molecular weight excluding hydrogens is 330 g/mol. The van der Waals surface area contributed by atoms with E-state index in [0.717, 1.165) is 9.36 Å². The summed E-state index contributed by atoms with van der Waals surface area (Å²) >= 11 is 6.06. The van der Waals surface area contributed by atoms with Gasteiger partial charge in [-0.2, -0.15) is 9.36 Å². The Morgan fingerprint density at radius 2 is 1.75 bits per heavy atom. The first kappa shape index (κ1) is 15.9. The van der Waals surface area contributed by atoms with E-state index in [9.17, 15) is 9.59 Å². The minimum absolute atomic E-state index is 0.107. The smallest absolute Gasteiger partial charge is 0.326 e. The number of carbonyl (C=O) groups is 1. The number of hydrogen-bond acceptors (Lipinski definition) is 4. The fourth-order valence-corrected chi connectivity index (χ4v) is 2.36. The Hall–Kier alpha value is -2.93. The van der Waals surface area contributed by atoms with Crippen LogP contribution in [-0.2, 0) is 11.3 Å². The van der Waals surface area contributed by atoms with E-state index in [1.54, 1.807) is 36.4 Å². The summed E-state index contributed by atoms with van der Waals surface area (Å²) in [6.07, 6.45) is 0.107. The molecule has 1 aromatic heterocycles. The molecule has 0 unspecified atom stereocenters. The van der Waals surface area contributed by atoms with Crippen LogP contribution in [0, 0.1) is 0 Å². The van der Waals surface area contributed by atoms with Gasteiger partial charge in [-0.05, 0) is 34.7 Å². The van der Waals surface area contributed by atoms with Crippen molar-refractivity contribution >= 4 is 23.2 Å². The summed E-state index contributed by atoms with van der Waals surface area (Å²) in [6.45, 7) is 0.127. The summed E-state index contributed by atoms with van der Waals surface area (Å²) in [6, 6.07) is 15.9. The van der Waals surface area contributed by atoms with E-state index in [-0.39, 0.29) is 18.9 Å². The third-order valence-electron chi connectivity index (χ3n) is 3.33. The Bertz CT molecular complexity index is 904. The molecule has 3 rings (SSSR count). The maximum atomic E-state index is 12.3. The summed E-state index contributed by atoms with van der Waals surface area (Å²) in [5.74, 6) is -0.208. The lowest BCUT2D eigenvalue weighted by Crippen LogP contribution is -2.26. The first-order valence-corrected chi connectivity index (χ1v) is 7.65. The number of hydrogen-bond donors (Lipinski definition) is 1. The summed E-state index contributed by atoms with van der Waals surface area (Å²) in [7, 11) is 0. The second kappa shape index (κ2) is 7.10. The summed E-state index contributed by atoms with van der Waals surface area (Å²) < 4.78 is 2.24. The molecule has 0 aliphatic carbocycles. The van der Waals surface area contributed by atoms with E-state index in [2.05, 4.69) is 15.7 Å².